The molecule has 2 fully saturated rings. The number of thiophene rings is 1. The van der Waals surface area contributed by atoms with Crippen molar-refractivity contribution in [3.05, 3.63) is 58.3 Å². The summed E-state index contributed by atoms with van der Waals surface area (Å²) in [5.41, 5.74) is 2.10. The lowest BCUT2D eigenvalue weighted by Crippen LogP contribution is -2.44. The summed E-state index contributed by atoms with van der Waals surface area (Å²) in [4.78, 5) is 39.2. The van der Waals surface area contributed by atoms with Crippen molar-refractivity contribution in [1.82, 2.24) is 20.9 Å². The van der Waals surface area contributed by atoms with E-state index in [0.29, 0.717) is 32.5 Å². The van der Waals surface area contributed by atoms with Crippen molar-refractivity contribution in [3.8, 4) is 0 Å². The van der Waals surface area contributed by atoms with Crippen molar-refractivity contribution in [2.24, 2.45) is 11.8 Å². The van der Waals surface area contributed by atoms with E-state index in [4.69, 9.17) is 0 Å². The number of rotatable bonds is 5. The second-order valence-electron chi connectivity index (χ2n) is 7.98. The lowest BCUT2D eigenvalue weighted by molar-refractivity contribution is -0.125. The molecule has 2 heterocycles. The summed E-state index contributed by atoms with van der Waals surface area (Å²) in [6, 6.07) is 11.3. The Labute approximate surface area is 179 Å². The molecule has 1 saturated carbocycles. The molecule has 4 rings (SSSR count). The Balaban J connectivity index is 1.32. The Morgan fingerprint density at radius 1 is 1.07 bits per heavy atom. The predicted octanol–water partition coefficient (Wildman–Crippen LogP) is 2.10. The van der Waals surface area contributed by atoms with E-state index >= 15 is 0 Å². The van der Waals surface area contributed by atoms with E-state index in [-0.39, 0.29) is 42.3 Å². The molecule has 1 aliphatic carbocycles. The molecule has 3 atom stereocenters. The first kappa shape index (κ1) is 20.4. The number of benzene rings is 1. The molecule has 0 spiro atoms. The van der Waals surface area contributed by atoms with Gasteiger partial charge in [-0.05, 0) is 46.7 Å². The molecule has 8 heteroatoms. The summed E-state index contributed by atoms with van der Waals surface area (Å²) in [7, 11) is 0. The molecule has 0 unspecified atom stereocenters. The van der Waals surface area contributed by atoms with Crippen LogP contribution in [0.3, 0.4) is 0 Å². The van der Waals surface area contributed by atoms with Crippen LogP contribution in [-0.2, 0) is 22.7 Å². The van der Waals surface area contributed by atoms with Gasteiger partial charge in [-0.15, -0.1) is 0 Å². The molecule has 1 aliphatic heterocycles. The van der Waals surface area contributed by atoms with Crippen LogP contribution in [0.1, 0.15) is 24.0 Å². The van der Waals surface area contributed by atoms with Crippen LogP contribution in [0.2, 0.25) is 0 Å². The molecule has 0 bridgehead atoms. The summed E-state index contributed by atoms with van der Waals surface area (Å²) in [6.45, 7) is 1.45. The number of nitrogens with one attached hydrogen (secondary N) is 3. The molecule has 2 aliphatic rings. The number of hydrogen-bond donors (Lipinski definition) is 3. The maximum absolute atomic E-state index is 12.7. The molecule has 7 nitrogen and oxygen atoms in total. The van der Waals surface area contributed by atoms with Crippen LogP contribution in [0.5, 0.6) is 0 Å². The topological polar surface area (TPSA) is 90.5 Å². The van der Waals surface area contributed by atoms with Gasteiger partial charge in [0.2, 0.25) is 11.8 Å². The fourth-order valence-electron chi connectivity index (χ4n) is 4.26. The maximum atomic E-state index is 12.7. The fourth-order valence-corrected chi connectivity index (χ4v) is 4.93. The van der Waals surface area contributed by atoms with Gasteiger partial charge >= 0.3 is 6.03 Å². The van der Waals surface area contributed by atoms with Crippen LogP contribution in [0.25, 0.3) is 0 Å². The van der Waals surface area contributed by atoms with E-state index in [2.05, 4.69) is 16.0 Å². The Bertz CT molecular complexity index is 887. The summed E-state index contributed by atoms with van der Waals surface area (Å²) in [5, 5.41) is 12.9. The number of urea groups is 1. The number of fused-ring (bicyclic) bond motifs is 1. The first-order valence-electron chi connectivity index (χ1n) is 10.2. The average Bonchev–Trinajstić information content (AvgIpc) is 3.38. The van der Waals surface area contributed by atoms with E-state index in [1.807, 2.05) is 47.2 Å². The summed E-state index contributed by atoms with van der Waals surface area (Å²) in [6.07, 6.45) is 1.29. The monoisotopic (exact) mass is 426 g/mol. The van der Waals surface area contributed by atoms with Crippen LogP contribution in [0.15, 0.2) is 47.2 Å². The smallest absolute Gasteiger partial charge is 0.318 e. The standard InChI is InChI=1S/C22H26N4O3S/c27-20-13-26(22(29)24-10-15-4-2-1-3-5-15)12-18-8-17(9-19(18)25-20)21(28)23-11-16-6-7-30-14-16/h1-7,14,17-19H,8-13H2,(H,23,28)(H,24,29)(H,25,27)/t17-,18+,19+/m0/s1. The molecule has 0 radical (unpaired) electrons. The highest BCUT2D eigenvalue weighted by Gasteiger charge is 2.42. The van der Waals surface area contributed by atoms with E-state index in [1.165, 1.54) is 0 Å². The third-order valence-electron chi connectivity index (χ3n) is 5.82. The number of amides is 4. The Hall–Kier alpha value is -2.87. The largest absolute Gasteiger partial charge is 0.352 e. The zero-order chi connectivity index (χ0) is 20.9. The molecule has 1 aromatic carbocycles. The summed E-state index contributed by atoms with van der Waals surface area (Å²) >= 11 is 1.61. The van der Waals surface area contributed by atoms with Gasteiger partial charge in [0.05, 0.1) is 0 Å². The minimum atomic E-state index is -0.250. The molecule has 1 aromatic heterocycles. The highest BCUT2D eigenvalue weighted by atomic mass is 32.1. The molecule has 4 amide bonds. The van der Waals surface area contributed by atoms with Gasteiger partial charge in [0.15, 0.2) is 0 Å². The highest BCUT2D eigenvalue weighted by molar-refractivity contribution is 7.07. The van der Waals surface area contributed by atoms with Gasteiger partial charge in [0.25, 0.3) is 0 Å². The van der Waals surface area contributed by atoms with Crippen LogP contribution < -0.4 is 16.0 Å². The average molecular weight is 427 g/mol. The third-order valence-corrected chi connectivity index (χ3v) is 6.55. The molecule has 2 aromatic rings. The second kappa shape index (κ2) is 9.30. The first-order valence-corrected chi connectivity index (χ1v) is 11.2. The lowest BCUT2D eigenvalue weighted by atomic mass is 10.0. The van der Waals surface area contributed by atoms with Gasteiger partial charge in [-0.2, -0.15) is 11.3 Å². The zero-order valence-corrected chi connectivity index (χ0v) is 17.5. The van der Waals surface area contributed by atoms with Gasteiger partial charge < -0.3 is 20.9 Å². The Morgan fingerprint density at radius 2 is 1.87 bits per heavy atom. The Kier molecular flexibility index (Phi) is 6.32. The molecular formula is C22H26N4O3S. The van der Waals surface area contributed by atoms with Crippen LogP contribution >= 0.6 is 11.3 Å². The van der Waals surface area contributed by atoms with Gasteiger partial charge in [-0.1, -0.05) is 30.3 Å². The van der Waals surface area contributed by atoms with Crippen molar-refractivity contribution in [2.45, 2.75) is 32.0 Å². The fraction of sp³-hybridized carbons (Fsp3) is 0.409. The lowest BCUT2D eigenvalue weighted by Gasteiger charge is -2.23. The normalized spacial score (nSPS) is 23.3. The maximum Gasteiger partial charge on any atom is 0.318 e. The number of carbonyl (C=O) groups is 3. The summed E-state index contributed by atoms with van der Waals surface area (Å²) < 4.78 is 0. The van der Waals surface area contributed by atoms with E-state index in [1.54, 1.807) is 16.2 Å². The number of nitrogens with zero attached hydrogens (tertiary/aromatic N) is 1. The second-order valence-corrected chi connectivity index (χ2v) is 8.76. The van der Waals surface area contributed by atoms with Crippen molar-refractivity contribution < 1.29 is 14.4 Å². The predicted molar refractivity (Wildman–Crippen MR) is 115 cm³/mol. The Morgan fingerprint density at radius 3 is 2.63 bits per heavy atom. The molecule has 3 N–H and O–H groups in total. The van der Waals surface area contributed by atoms with Crippen molar-refractivity contribution in [3.63, 3.8) is 0 Å². The van der Waals surface area contributed by atoms with Crippen molar-refractivity contribution >= 4 is 29.2 Å². The van der Waals surface area contributed by atoms with E-state index < -0.39 is 0 Å². The van der Waals surface area contributed by atoms with E-state index in [0.717, 1.165) is 11.1 Å². The van der Waals surface area contributed by atoms with Crippen LogP contribution in [0.4, 0.5) is 4.79 Å². The molecule has 30 heavy (non-hydrogen) atoms. The molecular weight excluding hydrogens is 400 g/mol. The van der Waals surface area contributed by atoms with Crippen molar-refractivity contribution in [1.29, 1.82) is 0 Å². The SMILES string of the molecule is O=C1CN(C(=O)NCc2ccccc2)C[C@H]2C[C@H](C(=O)NCc3ccsc3)C[C@H]2N1. The quantitative estimate of drug-likeness (QED) is 0.684. The van der Waals surface area contributed by atoms with Crippen LogP contribution in [0, 0.1) is 11.8 Å². The van der Waals surface area contributed by atoms with Gasteiger partial charge in [0.1, 0.15) is 6.54 Å². The van der Waals surface area contributed by atoms with E-state index in [9.17, 15) is 14.4 Å². The van der Waals surface area contributed by atoms with Crippen LogP contribution in [-0.4, -0.2) is 41.9 Å². The zero-order valence-electron chi connectivity index (χ0n) is 16.7. The molecule has 158 valence electrons. The number of carbonyl (C=O) groups excluding carboxylic acids is 3. The molecule has 1 saturated heterocycles. The summed E-state index contributed by atoms with van der Waals surface area (Å²) in [5.74, 6) is -0.220. The van der Waals surface area contributed by atoms with Gasteiger partial charge in [-0.3, -0.25) is 9.59 Å². The van der Waals surface area contributed by atoms with Gasteiger partial charge in [-0.25, -0.2) is 4.79 Å². The van der Waals surface area contributed by atoms with Gasteiger partial charge in [0, 0.05) is 31.6 Å². The third kappa shape index (κ3) is 4.99. The first-order chi connectivity index (χ1) is 14.6. The highest BCUT2D eigenvalue weighted by Crippen LogP contribution is 2.33. The van der Waals surface area contributed by atoms with Crippen molar-refractivity contribution in [2.75, 3.05) is 13.1 Å². The minimum Gasteiger partial charge on any atom is -0.352 e. The number of hydrogen-bond acceptors (Lipinski definition) is 4. The minimum absolute atomic E-state index is 0.0172.